The number of unbranched alkanes of at least 4 members (excludes halogenated alkanes) is 8. The van der Waals surface area contributed by atoms with Gasteiger partial charge in [0.1, 0.15) is 0 Å². The second-order valence-corrected chi connectivity index (χ2v) is 7.00. The lowest BCUT2D eigenvalue weighted by molar-refractivity contribution is 0.390. The van der Waals surface area contributed by atoms with E-state index in [-0.39, 0.29) is 0 Å². The molecule has 0 aliphatic carbocycles. The van der Waals surface area contributed by atoms with E-state index < -0.39 is 0 Å². The number of nitrogens with zero attached hydrogens (tertiary/aromatic N) is 1. The molecule has 0 bridgehead atoms. The Kier molecular flexibility index (Phi) is 12.5. The highest BCUT2D eigenvalue weighted by molar-refractivity contribution is 7.80. The smallest absolute Gasteiger partial charge is 0.173 e. The molecule has 24 heavy (non-hydrogen) atoms. The van der Waals surface area contributed by atoms with E-state index in [1.807, 2.05) is 18.2 Å². The third kappa shape index (κ3) is 9.92. The molecule has 0 unspecified atom stereocenters. The Hall–Kier alpha value is -1.09. The molecule has 1 aromatic carbocycles. The third-order valence-corrected chi connectivity index (χ3v) is 4.74. The van der Waals surface area contributed by atoms with Gasteiger partial charge in [0.15, 0.2) is 5.11 Å². The molecule has 0 saturated heterocycles. The molecular formula is C21H36N2S. The average molecular weight is 349 g/mol. The van der Waals surface area contributed by atoms with Gasteiger partial charge in [-0.2, -0.15) is 0 Å². The molecule has 2 nitrogen and oxygen atoms in total. The van der Waals surface area contributed by atoms with E-state index in [2.05, 4.69) is 36.2 Å². The van der Waals surface area contributed by atoms with Crippen LogP contribution in [0.2, 0.25) is 0 Å². The van der Waals surface area contributed by atoms with E-state index in [9.17, 15) is 0 Å². The van der Waals surface area contributed by atoms with Crippen LogP contribution >= 0.6 is 12.2 Å². The lowest BCUT2D eigenvalue weighted by Crippen LogP contribution is -2.36. The second-order valence-electron chi connectivity index (χ2n) is 6.61. The van der Waals surface area contributed by atoms with E-state index in [1.54, 1.807) is 0 Å². The molecule has 0 saturated carbocycles. The number of para-hydroxylation sites is 1. The minimum atomic E-state index is 0.882. The van der Waals surface area contributed by atoms with Crippen LogP contribution in [-0.2, 0) is 0 Å². The van der Waals surface area contributed by atoms with Crippen molar-refractivity contribution in [1.82, 2.24) is 4.90 Å². The molecule has 0 atom stereocenters. The summed E-state index contributed by atoms with van der Waals surface area (Å²) in [6, 6.07) is 10.3. The number of nitrogens with one attached hydrogen (secondary N) is 1. The Balaban J connectivity index is 2.40. The Labute approximate surface area is 155 Å². The van der Waals surface area contributed by atoms with Crippen LogP contribution in [0.25, 0.3) is 0 Å². The molecule has 136 valence electrons. The van der Waals surface area contributed by atoms with Gasteiger partial charge in [-0.25, -0.2) is 0 Å². The Morgan fingerprint density at radius 3 is 1.79 bits per heavy atom. The highest BCUT2D eigenvalue weighted by atomic mass is 32.1. The van der Waals surface area contributed by atoms with Crippen LogP contribution < -0.4 is 5.32 Å². The van der Waals surface area contributed by atoms with E-state index in [1.165, 1.54) is 64.2 Å². The van der Waals surface area contributed by atoms with E-state index in [4.69, 9.17) is 12.2 Å². The number of hydrogen-bond donors (Lipinski definition) is 1. The molecular weight excluding hydrogens is 312 g/mol. The zero-order chi connectivity index (χ0) is 17.5. The van der Waals surface area contributed by atoms with Crippen LogP contribution in [0.5, 0.6) is 0 Å². The fourth-order valence-electron chi connectivity index (χ4n) is 2.85. The van der Waals surface area contributed by atoms with Gasteiger partial charge < -0.3 is 10.2 Å². The summed E-state index contributed by atoms with van der Waals surface area (Å²) in [7, 11) is 0. The quantitative estimate of drug-likeness (QED) is 0.318. The number of anilines is 1. The van der Waals surface area contributed by atoms with Crippen LogP contribution in [0.3, 0.4) is 0 Å². The summed E-state index contributed by atoms with van der Waals surface area (Å²) in [4.78, 5) is 2.38. The average Bonchev–Trinajstić information content (AvgIpc) is 2.60. The molecule has 0 aromatic heterocycles. The molecule has 0 aliphatic heterocycles. The van der Waals surface area contributed by atoms with Crippen LogP contribution in [0.4, 0.5) is 5.69 Å². The van der Waals surface area contributed by atoms with Crippen molar-refractivity contribution in [2.24, 2.45) is 0 Å². The predicted molar refractivity (Wildman–Crippen MR) is 112 cm³/mol. The van der Waals surface area contributed by atoms with Crippen LogP contribution in [0.1, 0.15) is 78.1 Å². The van der Waals surface area contributed by atoms with Gasteiger partial charge >= 0.3 is 0 Å². The third-order valence-electron chi connectivity index (χ3n) is 4.38. The molecule has 0 fully saturated rings. The summed E-state index contributed by atoms with van der Waals surface area (Å²) >= 11 is 5.67. The molecule has 0 heterocycles. The van der Waals surface area contributed by atoms with Gasteiger partial charge in [0, 0.05) is 18.8 Å². The van der Waals surface area contributed by atoms with Crippen molar-refractivity contribution in [3.05, 3.63) is 30.3 Å². The van der Waals surface area contributed by atoms with Gasteiger partial charge in [-0.3, -0.25) is 0 Å². The molecule has 0 aliphatic rings. The monoisotopic (exact) mass is 348 g/mol. The first-order chi connectivity index (χ1) is 11.8. The minimum Gasteiger partial charge on any atom is -0.349 e. The van der Waals surface area contributed by atoms with Crippen molar-refractivity contribution in [3.8, 4) is 0 Å². The summed E-state index contributed by atoms with van der Waals surface area (Å²) in [6.07, 6.45) is 13.1. The largest absolute Gasteiger partial charge is 0.349 e. The van der Waals surface area contributed by atoms with Crippen molar-refractivity contribution in [2.45, 2.75) is 78.1 Å². The minimum absolute atomic E-state index is 0.882. The standard InChI is InChI=1S/C21H36N2S/c1-3-5-7-9-14-18-23(19-15-10-8-6-4-2)21(24)22-20-16-12-11-13-17-20/h11-13,16-17H,3-10,14-15,18-19H2,1-2H3,(H,22,24). The summed E-state index contributed by atoms with van der Waals surface area (Å²) in [5, 5.41) is 4.29. The van der Waals surface area contributed by atoms with Gasteiger partial charge in [-0.15, -0.1) is 0 Å². The molecule has 1 aromatic rings. The fraction of sp³-hybridized carbons (Fsp3) is 0.667. The number of hydrogen-bond acceptors (Lipinski definition) is 1. The molecule has 3 heteroatoms. The topological polar surface area (TPSA) is 15.3 Å². The van der Waals surface area contributed by atoms with Gasteiger partial charge in [0.05, 0.1) is 0 Å². The summed E-state index contributed by atoms with van der Waals surface area (Å²) in [5.74, 6) is 0. The maximum absolute atomic E-state index is 5.67. The molecule has 0 spiro atoms. The van der Waals surface area contributed by atoms with Gasteiger partial charge in [0.25, 0.3) is 0 Å². The van der Waals surface area contributed by atoms with E-state index >= 15 is 0 Å². The maximum Gasteiger partial charge on any atom is 0.173 e. The zero-order valence-corrected chi connectivity index (χ0v) is 16.5. The number of benzene rings is 1. The Morgan fingerprint density at radius 2 is 1.29 bits per heavy atom. The number of rotatable bonds is 13. The number of thiocarbonyl (C=S) groups is 1. The van der Waals surface area contributed by atoms with E-state index in [0.717, 1.165) is 23.9 Å². The first kappa shape index (κ1) is 21.0. The normalized spacial score (nSPS) is 10.6. The Bertz CT molecular complexity index is 405. The van der Waals surface area contributed by atoms with Gasteiger partial charge in [-0.1, -0.05) is 83.4 Å². The second kappa shape index (κ2) is 14.3. The first-order valence-electron chi connectivity index (χ1n) is 9.89. The van der Waals surface area contributed by atoms with Gasteiger partial charge in [-0.05, 0) is 37.2 Å². The van der Waals surface area contributed by atoms with Crippen molar-refractivity contribution in [3.63, 3.8) is 0 Å². The lowest BCUT2D eigenvalue weighted by Gasteiger charge is -2.26. The fourth-order valence-corrected chi connectivity index (χ4v) is 3.15. The summed E-state index contributed by atoms with van der Waals surface area (Å²) in [5.41, 5.74) is 1.09. The maximum atomic E-state index is 5.67. The van der Waals surface area contributed by atoms with Crippen molar-refractivity contribution in [2.75, 3.05) is 18.4 Å². The highest BCUT2D eigenvalue weighted by Crippen LogP contribution is 2.11. The SMILES string of the molecule is CCCCCCCN(CCCCCCC)C(=S)Nc1ccccc1. The highest BCUT2D eigenvalue weighted by Gasteiger charge is 2.09. The predicted octanol–water partition coefficient (Wildman–Crippen LogP) is 6.63. The lowest BCUT2D eigenvalue weighted by atomic mass is 10.1. The molecule has 1 rings (SSSR count). The summed E-state index contributed by atoms with van der Waals surface area (Å²) < 4.78 is 0. The molecule has 0 radical (unpaired) electrons. The van der Waals surface area contributed by atoms with Crippen LogP contribution in [-0.4, -0.2) is 23.1 Å². The van der Waals surface area contributed by atoms with Gasteiger partial charge in [0.2, 0.25) is 0 Å². The summed E-state index contributed by atoms with van der Waals surface area (Å²) in [6.45, 7) is 6.69. The van der Waals surface area contributed by atoms with Crippen molar-refractivity contribution in [1.29, 1.82) is 0 Å². The van der Waals surface area contributed by atoms with E-state index in [0.29, 0.717) is 0 Å². The zero-order valence-electron chi connectivity index (χ0n) is 15.7. The molecule has 1 N–H and O–H groups in total. The van der Waals surface area contributed by atoms with Crippen LogP contribution in [0.15, 0.2) is 30.3 Å². The van der Waals surface area contributed by atoms with Crippen molar-refractivity contribution < 1.29 is 0 Å². The Morgan fingerprint density at radius 1 is 0.792 bits per heavy atom. The first-order valence-corrected chi connectivity index (χ1v) is 10.3. The van der Waals surface area contributed by atoms with Crippen LogP contribution in [0, 0.1) is 0 Å². The van der Waals surface area contributed by atoms with Crippen molar-refractivity contribution >= 4 is 23.0 Å². The molecule has 0 amide bonds.